The number of benzene rings is 5. The smallest absolute Gasteiger partial charge is 0.137 e. The van der Waals surface area contributed by atoms with E-state index in [-0.39, 0.29) is 0 Å². The van der Waals surface area contributed by atoms with E-state index in [0.717, 1.165) is 22.5 Å². The van der Waals surface area contributed by atoms with E-state index in [1.807, 2.05) is 12.3 Å². The van der Waals surface area contributed by atoms with Crippen LogP contribution in [-0.2, 0) is 0 Å². The third-order valence-corrected chi connectivity index (χ3v) is 7.56. The standard InChI is InChI=1S/C35H23N3/c1-3-11-24(12-4-1)25-18-19-28-30-22-29-27-15-7-8-16-31(27)37(26-13-5-2-6-14-26)33(29)23-34(30)38(32(28)21-25)35-17-9-10-20-36-35/h1-23H. The largest absolute Gasteiger partial charge is 0.309 e. The van der Waals surface area contributed by atoms with Crippen molar-refractivity contribution in [2.45, 2.75) is 0 Å². The number of hydrogen-bond acceptors (Lipinski definition) is 1. The third kappa shape index (κ3) is 3.06. The topological polar surface area (TPSA) is 22.8 Å². The SMILES string of the molecule is c1ccc(-c2ccc3c4cc5c6ccccc6n(-c6ccccc6)c5cc4n(-c4ccccn4)c3c2)cc1. The van der Waals surface area contributed by atoms with Gasteiger partial charge in [-0.3, -0.25) is 4.57 Å². The van der Waals surface area contributed by atoms with Crippen LogP contribution in [0.25, 0.3) is 66.2 Å². The molecule has 0 aliphatic carbocycles. The van der Waals surface area contributed by atoms with Gasteiger partial charge in [-0.05, 0) is 59.7 Å². The average molecular weight is 486 g/mol. The maximum Gasteiger partial charge on any atom is 0.137 e. The second-order valence-electron chi connectivity index (χ2n) is 9.70. The maximum absolute atomic E-state index is 4.78. The van der Waals surface area contributed by atoms with Gasteiger partial charge in [-0.1, -0.05) is 84.9 Å². The summed E-state index contributed by atoms with van der Waals surface area (Å²) in [4.78, 5) is 4.78. The molecule has 0 unspecified atom stereocenters. The summed E-state index contributed by atoms with van der Waals surface area (Å²) in [6.07, 6.45) is 1.87. The van der Waals surface area contributed by atoms with Crippen LogP contribution in [0.3, 0.4) is 0 Å². The van der Waals surface area contributed by atoms with Crippen molar-refractivity contribution in [3.8, 4) is 22.6 Å². The number of hydrogen-bond donors (Lipinski definition) is 0. The van der Waals surface area contributed by atoms with Gasteiger partial charge in [0.25, 0.3) is 0 Å². The van der Waals surface area contributed by atoms with Gasteiger partial charge in [0, 0.05) is 33.4 Å². The molecule has 0 saturated carbocycles. The monoisotopic (exact) mass is 485 g/mol. The highest BCUT2D eigenvalue weighted by Gasteiger charge is 2.19. The van der Waals surface area contributed by atoms with Crippen molar-refractivity contribution in [1.82, 2.24) is 14.1 Å². The first-order valence-corrected chi connectivity index (χ1v) is 12.9. The maximum atomic E-state index is 4.78. The Balaban J connectivity index is 1.54. The molecule has 0 aliphatic rings. The minimum Gasteiger partial charge on any atom is -0.309 e. The molecular formula is C35H23N3. The van der Waals surface area contributed by atoms with Gasteiger partial charge in [-0.2, -0.15) is 0 Å². The van der Waals surface area contributed by atoms with Crippen LogP contribution in [-0.4, -0.2) is 14.1 Å². The third-order valence-electron chi connectivity index (χ3n) is 7.56. The van der Waals surface area contributed by atoms with Crippen molar-refractivity contribution in [1.29, 1.82) is 0 Å². The molecule has 8 aromatic rings. The average Bonchev–Trinajstić information content (AvgIpc) is 3.49. The van der Waals surface area contributed by atoms with Gasteiger partial charge < -0.3 is 4.57 Å². The van der Waals surface area contributed by atoms with E-state index in [4.69, 9.17) is 4.98 Å². The summed E-state index contributed by atoms with van der Waals surface area (Å²) in [5.74, 6) is 0.916. The molecule has 0 bridgehead atoms. The Bertz CT molecular complexity index is 2100. The van der Waals surface area contributed by atoms with Gasteiger partial charge in [0.2, 0.25) is 0 Å². The summed E-state index contributed by atoms with van der Waals surface area (Å²) in [6, 6.07) is 47.5. The summed E-state index contributed by atoms with van der Waals surface area (Å²) < 4.78 is 4.68. The predicted molar refractivity (Wildman–Crippen MR) is 158 cm³/mol. The van der Waals surface area contributed by atoms with Crippen LogP contribution >= 0.6 is 0 Å². The van der Waals surface area contributed by atoms with Crippen molar-refractivity contribution in [3.63, 3.8) is 0 Å². The summed E-state index contributed by atoms with van der Waals surface area (Å²) in [7, 11) is 0. The molecule has 3 nitrogen and oxygen atoms in total. The lowest BCUT2D eigenvalue weighted by atomic mass is 10.0. The van der Waals surface area contributed by atoms with E-state index in [1.54, 1.807) is 0 Å². The minimum atomic E-state index is 0.916. The van der Waals surface area contributed by atoms with E-state index in [9.17, 15) is 0 Å². The van der Waals surface area contributed by atoms with Crippen LogP contribution in [0.2, 0.25) is 0 Å². The molecule has 0 N–H and O–H groups in total. The summed E-state index contributed by atoms with van der Waals surface area (Å²) in [5.41, 5.74) is 8.26. The number of pyridine rings is 1. The number of fused-ring (bicyclic) bond motifs is 6. The van der Waals surface area contributed by atoms with Crippen LogP contribution < -0.4 is 0 Å². The molecule has 178 valence electrons. The van der Waals surface area contributed by atoms with Crippen LogP contribution in [0.4, 0.5) is 0 Å². The minimum absolute atomic E-state index is 0.916. The highest BCUT2D eigenvalue weighted by Crippen LogP contribution is 2.40. The van der Waals surface area contributed by atoms with Gasteiger partial charge in [0.05, 0.1) is 22.1 Å². The molecule has 3 heterocycles. The lowest BCUT2D eigenvalue weighted by Crippen LogP contribution is -1.97. The Kier molecular flexibility index (Phi) is 4.52. The van der Waals surface area contributed by atoms with Gasteiger partial charge in [-0.15, -0.1) is 0 Å². The lowest BCUT2D eigenvalue weighted by Gasteiger charge is -2.09. The molecule has 0 spiro atoms. The van der Waals surface area contributed by atoms with E-state index >= 15 is 0 Å². The summed E-state index contributed by atoms with van der Waals surface area (Å²) in [6.45, 7) is 0. The highest BCUT2D eigenvalue weighted by molar-refractivity contribution is 6.19. The van der Waals surface area contributed by atoms with Crippen molar-refractivity contribution in [3.05, 3.63) is 140 Å². The fourth-order valence-electron chi connectivity index (χ4n) is 5.88. The molecule has 38 heavy (non-hydrogen) atoms. The molecule has 5 aromatic carbocycles. The van der Waals surface area contributed by atoms with E-state index in [1.165, 1.54) is 43.7 Å². The molecule has 0 aliphatic heterocycles. The van der Waals surface area contributed by atoms with Crippen LogP contribution in [0, 0.1) is 0 Å². The number of aromatic nitrogens is 3. The normalized spacial score (nSPS) is 11.7. The van der Waals surface area contributed by atoms with Crippen LogP contribution in [0.1, 0.15) is 0 Å². The van der Waals surface area contributed by atoms with E-state index < -0.39 is 0 Å². The molecule has 3 heteroatoms. The van der Waals surface area contributed by atoms with Crippen molar-refractivity contribution in [2.75, 3.05) is 0 Å². The molecule has 8 rings (SSSR count). The van der Waals surface area contributed by atoms with Crippen molar-refractivity contribution in [2.24, 2.45) is 0 Å². The Morgan fingerprint density at radius 2 is 1.05 bits per heavy atom. The number of para-hydroxylation sites is 2. The van der Waals surface area contributed by atoms with Gasteiger partial charge >= 0.3 is 0 Å². The second kappa shape index (κ2) is 8.19. The van der Waals surface area contributed by atoms with Gasteiger partial charge in [-0.25, -0.2) is 4.98 Å². The fourth-order valence-corrected chi connectivity index (χ4v) is 5.88. The van der Waals surface area contributed by atoms with E-state index in [2.05, 4.69) is 137 Å². The first-order chi connectivity index (χ1) is 18.9. The van der Waals surface area contributed by atoms with E-state index in [0.29, 0.717) is 0 Å². The van der Waals surface area contributed by atoms with Gasteiger partial charge in [0.1, 0.15) is 5.82 Å². The molecule has 0 atom stereocenters. The summed E-state index contributed by atoms with van der Waals surface area (Å²) in [5, 5.41) is 4.97. The first kappa shape index (κ1) is 21.0. The van der Waals surface area contributed by atoms with Crippen molar-refractivity contribution < 1.29 is 0 Å². The Morgan fingerprint density at radius 1 is 0.395 bits per heavy atom. The summed E-state index contributed by atoms with van der Waals surface area (Å²) >= 11 is 0. The molecule has 0 fully saturated rings. The Hall–Kier alpha value is -5.15. The molecule has 0 saturated heterocycles. The fraction of sp³-hybridized carbons (Fsp3) is 0. The zero-order chi connectivity index (χ0) is 25.1. The molecule has 0 amide bonds. The quantitative estimate of drug-likeness (QED) is 0.245. The van der Waals surface area contributed by atoms with Gasteiger partial charge in [0.15, 0.2) is 0 Å². The van der Waals surface area contributed by atoms with Crippen LogP contribution in [0.5, 0.6) is 0 Å². The number of nitrogens with zero attached hydrogens (tertiary/aromatic N) is 3. The second-order valence-corrected chi connectivity index (χ2v) is 9.70. The molecule has 0 radical (unpaired) electrons. The Labute approximate surface area is 219 Å². The lowest BCUT2D eigenvalue weighted by molar-refractivity contribution is 1.08. The molecular weight excluding hydrogens is 462 g/mol. The zero-order valence-corrected chi connectivity index (χ0v) is 20.6. The molecule has 3 aromatic heterocycles. The Morgan fingerprint density at radius 3 is 1.84 bits per heavy atom. The first-order valence-electron chi connectivity index (χ1n) is 12.9. The predicted octanol–water partition coefficient (Wildman–Crippen LogP) is 8.94. The van der Waals surface area contributed by atoms with Crippen LogP contribution in [0.15, 0.2) is 140 Å². The highest BCUT2D eigenvalue weighted by atomic mass is 15.1. The number of rotatable bonds is 3. The zero-order valence-electron chi connectivity index (χ0n) is 20.6. The van der Waals surface area contributed by atoms with Crippen molar-refractivity contribution >= 4 is 43.6 Å².